The summed E-state index contributed by atoms with van der Waals surface area (Å²) in [6.45, 7) is 4.45. The van der Waals surface area contributed by atoms with Gasteiger partial charge in [0.2, 0.25) is 0 Å². The van der Waals surface area contributed by atoms with Gasteiger partial charge in [-0.15, -0.1) is 0 Å². The number of carbonyl (C=O) groups excluding carboxylic acids is 1. The fourth-order valence-electron chi connectivity index (χ4n) is 4.43. The lowest BCUT2D eigenvalue weighted by molar-refractivity contribution is -0.122. The highest BCUT2D eigenvalue weighted by Gasteiger charge is 2.21. The number of Topliss-reactive ketones (excluding diaryl/α,β-unsaturated/α-hetero) is 1. The number of nitrogens with one attached hydrogen (secondary N) is 2. The summed E-state index contributed by atoms with van der Waals surface area (Å²) in [5.74, 6) is 1.00. The van der Waals surface area contributed by atoms with Crippen molar-refractivity contribution in [2.75, 3.05) is 38.2 Å². The van der Waals surface area contributed by atoms with Crippen molar-refractivity contribution in [1.82, 2.24) is 10.3 Å². The molecule has 0 spiro atoms. The molecule has 0 radical (unpaired) electrons. The number of ether oxygens (including phenoxy) is 1. The molecular weight excluding hydrogens is 410 g/mol. The molecule has 0 bridgehead atoms. The van der Waals surface area contributed by atoms with E-state index in [4.69, 9.17) is 16.3 Å². The van der Waals surface area contributed by atoms with E-state index in [1.165, 1.54) is 0 Å². The van der Waals surface area contributed by atoms with Crippen molar-refractivity contribution >= 4 is 23.1 Å². The van der Waals surface area contributed by atoms with Gasteiger partial charge in [-0.3, -0.25) is 9.78 Å². The summed E-state index contributed by atoms with van der Waals surface area (Å²) in [5.41, 5.74) is 3.83. The van der Waals surface area contributed by atoms with Crippen LogP contribution in [0.5, 0.6) is 0 Å². The molecular formula is C25H32ClN3O2. The van der Waals surface area contributed by atoms with Crippen molar-refractivity contribution in [3.63, 3.8) is 0 Å². The van der Waals surface area contributed by atoms with E-state index in [1.54, 1.807) is 6.20 Å². The fraction of sp³-hybridized carbons (Fsp3) is 0.520. The van der Waals surface area contributed by atoms with E-state index < -0.39 is 0 Å². The molecule has 2 aliphatic heterocycles. The van der Waals surface area contributed by atoms with E-state index in [0.717, 1.165) is 87.5 Å². The van der Waals surface area contributed by atoms with Gasteiger partial charge in [-0.25, -0.2) is 0 Å². The van der Waals surface area contributed by atoms with Crippen LogP contribution in [0.1, 0.15) is 37.8 Å². The summed E-state index contributed by atoms with van der Waals surface area (Å²) in [7, 11) is 0. The molecule has 1 aromatic carbocycles. The van der Waals surface area contributed by atoms with Crippen LogP contribution in [-0.4, -0.2) is 43.6 Å². The van der Waals surface area contributed by atoms with Crippen LogP contribution < -0.4 is 10.6 Å². The Labute approximate surface area is 189 Å². The Morgan fingerprint density at radius 2 is 2.06 bits per heavy atom. The molecule has 2 aliphatic rings. The molecule has 31 heavy (non-hydrogen) atoms. The quantitative estimate of drug-likeness (QED) is 0.649. The number of carbonyl (C=O) groups is 1. The Bertz CT molecular complexity index is 875. The van der Waals surface area contributed by atoms with Crippen molar-refractivity contribution in [3.05, 3.63) is 47.2 Å². The largest absolute Gasteiger partial charge is 0.385 e. The molecule has 3 heterocycles. The smallest absolute Gasteiger partial charge is 0.143 e. The predicted molar refractivity (Wildman–Crippen MR) is 126 cm³/mol. The Morgan fingerprint density at radius 1 is 1.19 bits per heavy atom. The molecule has 2 fully saturated rings. The first-order valence-electron chi connectivity index (χ1n) is 11.5. The highest BCUT2D eigenvalue weighted by atomic mass is 35.5. The number of nitrogens with zero attached hydrogens (tertiary/aromatic N) is 1. The van der Waals surface area contributed by atoms with Gasteiger partial charge in [-0.1, -0.05) is 30.2 Å². The van der Waals surface area contributed by atoms with Gasteiger partial charge in [0.15, 0.2) is 0 Å². The third-order valence-corrected chi connectivity index (χ3v) is 6.68. The summed E-state index contributed by atoms with van der Waals surface area (Å²) in [6, 6.07) is 10.3. The average Bonchev–Trinajstić information content (AvgIpc) is 3.10. The number of ketones is 1. The molecule has 1 aromatic heterocycles. The van der Waals surface area contributed by atoms with Gasteiger partial charge in [0.05, 0.1) is 5.02 Å². The van der Waals surface area contributed by atoms with Gasteiger partial charge in [-0.05, 0) is 61.9 Å². The predicted octanol–water partition coefficient (Wildman–Crippen LogP) is 4.74. The lowest BCUT2D eigenvalue weighted by Gasteiger charge is -2.22. The highest BCUT2D eigenvalue weighted by molar-refractivity contribution is 6.33. The lowest BCUT2D eigenvalue weighted by atomic mass is 9.94. The molecule has 1 atom stereocenters. The number of hydrogen-bond donors (Lipinski definition) is 2. The van der Waals surface area contributed by atoms with Crippen molar-refractivity contribution in [2.45, 2.75) is 38.5 Å². The molecule has 0 amide bonds. The average molecular weight is 442 g/mol. The summed E-state index contributed by atoms with van der Waals surface area (Å²) in [5, 5.41) is 7.55. The van der Waals surface area contributed by atoms with Crippen LogP contribution in [0.15, 0.2) is 36.5 Å². The van der Waals surface area contributed by atoms with Crippen LogP contribution >= 0.6 is 11.6 Å². The minimum atomic E-state index is 0.0844. The summed E-state index contributed by atoms with van der Waals surface area (Å²) >= 11 is 6.50. The Morgan fingerprint density at radius 3 is 2.94 bits per heavy atom. The van der Waals surface area contributed by atoms with Gasteiger partial charge in [0, 0.05) is 61.8 Å². The zero-order valence-electron chi connectivity index (χ0n) is 18.0. The standard InChI is InChI=1S/C25H32ClN3O2/c26-24-17-29-22(14-25(30)20-4-1-2-9-27-16-20)13-23(24)19-5-3-6-21(12-19)28-15-18-7-10-31-11-8-18/h3,5-6,12-13,17-18,20,27-28H,1-2,4,7-11,14-16H2. The Balaban J connectivity index is 1.44. The lowest BCUT2D eigenvalue weighted by Crippen LogP contribution is -2.27. The molecule has 0 aliphatic carbocycles. The first-order valence-corrected chi connectivity index (χ1v) is 11.9. The first-order chi connectivity index (χ1) is 15.2. The number of benzene rings is 1. The second kappa shape index (κ2) is 11.1. The minimum Gasteiger partial charge on any atom is -0.385 e. The van der Waals surface area contributed by atoms with Gasteiger partial charge in [-0.2, -0.15) is 0 Å². The van der Waals surface area contributed by atoms with Crippen molar-refractivity contribution in [1.29, 1.82) is 0 Å². The number of aromatic nitrogens is 1. The third-order valence-electron chi connectivity index (χ3n) is 6.38. The summed E-state index contributed by atoms with van der Waals surface area (Å²) in [4.78, 5) is 17.3. The molecule has 4 rings (SSSR count). The zero-order valence-corrected chi connectivity index (χ0v) is 18.8. The van der Waals surface area contributed by atoms with Crippen molar-refractivity contribution in [2.24, 2.45) is 11.8 Å². The Hall–Kier alpha value is -1.95. The molecule has 2 N–H and O–H groups in total. The van der Waals surface area contributed by atoms with Crippen molar-refractivity contribution < 1.29 is 9.53 Å². The highest BCUT2D eigenvalue weighted by Crippen LogP contribution is 2.30. The van der Waals surface area contributed by atoms with Crippen LogP contribution in [-0.2, 0) is 16.0 Å². The molecule has 166 valence electrons. The van der Waals surface area contributed by atoms with E-state index in [0.29, 0.717) is 17.4 Å². The van der Waals surface area contributed by atoms with Gasteiger partial charge >= 0.3 is 0 Å². The van der Waals surface area contributed by atoms with E-state index in [2.05, 4.69) is 33.8 Å². The van der Waals surface area contributed by atoms with E-state index in [9.17, 15) is 4.79 Å². The topological polar surface area (TPSA) is 63.2 Å². The number of rotatable bonds is 7. The maximum atomic E-state index is 12.8. The normalized spacial score (nSPS) is 20.2. The number of anilines is 1. The monoisotopic (exact) mass is 441 g/mol. The molecule has 6 heteroatoms. The Kier molecular flexibility index (Phi) is 7.95. The third kappa shape index (κ3) is 6.28. The number of pyridine rings is 1. The fourth-order valence-corrected chi connectivity index (χ4v) is 4.64. The van der Waals surface area contributed by atoms with Crippen molar-refractivity contribution in [3.8, 4) is 11.1 Å². The first kappa shape index (κ1) is 22.3. The number of halogens is 1. The molecule has 0 saturated carbocycles. The molecule has 2 saturated heterocycles. The second-order valence-corrected chi connectivity index (χ2v) is 9.12. The zero-order chi connectivity index (χ0) is 21.5. The SMILES string of the molecule is O=C(Cc1cc(-c2cccc(NCC3CCOCC3)c2)c(Cl)cn1)C1CCCCNC1. The maximum Gasteiger partial charge on any atom is 0.143 e. The van der Waals surface area contributed by atoms with Crippen LogP contribution in [0.25, 0.3) is 11.1 Å². The molecule has 5 nitrogen and oxygen atoms in total. The van der Waals surface area contributed by atoms with Crippen LogP contribution in [0.2, 0.25) is 5.02 Å². The second-order valence-electron chi connectivity index (χ2n) is 8.71. The maximum absolute atomic E-state index is 12.8. The van der Waals surface area contributed by atoms with E-state index in [1.807, 2.05) is 12.1 Å². The molecule has 1 unspecified atom stereocenters. The minimum absolute atomic E-state index is 0.0844. The number of hydrogen-bond acceptors (Lipinski definition) is 5. The molecule has 2 aromatic rings. The van der Waals surface area contributed by atoms with Gasteiger partial charge in [0.1, 0.15) is 5.78 Å². The van der Waals surface area contributed by atoms with E-state index >= 15 is 0 Å². The van der Waals surface area contributed by atoms with Gasteiger partial charge in [0.25, 0.3) is 0 Å². The van der Waals surface area contributed by atoms with Crippen LogP contribution in [0.3, 0.4) is 0 Å². The van der Waals surface area contributed by atoms with Crippen LogP contribution in [0.4, 0.5) is 5.69 Å². The van der Waals surface area contributed by atoms with E-state index in [-0.39, 0.29) is 11.7 Å². The summed E-state index contributed by atoms with van der Waals surface area (Å²) < 4.78 is 5.45. The van der Waals surface area contributed by atoms with Gasteiger partial charge < -0.3 is 15.4 Å². The van der Waals surface area contributed by atoms with Crippen LogP contribution in [0, 0.1) is 11.8 Å². The summed E-state index contributed by atoms with van der Waals surface area (Å²) in [6.07, 6.45) is 7.47.